The SMILES string of the molecule is CCCCCCCCCCCCNC(=O)[C@@H]1COC(c2cc(OCCOCCOCCOCC)cc(C3=N[C@H](C(=O)NCCCCCCCCCCCC)CO3)n2)=N1. The topological polar surface area (TPSA) is 151 Å². The van der Waals surface area contributed by atoms with Crippen molar-refractivity contribution in [1.82, 2.24) is 15.6 Å². The highest BCUT2D eigenvalue weighted by atomic mass is 16.6. The third-order valence-corrected chi connectivity index (χ3v) is 10.2. The monoisotopic (exact) mass is 816 g/mol. The number of ether oxygens (including phenoxy) is 6. The third-order valence-electron chi connectivity index (χ3n) is 10.2. The fourth-order valence-electron chi connectivity index (χ4n) is 6.79. The Morgan fingerprint density at radius 1 is 0.552 bits per heavy atom. The maximum absolute atomic E-state index is 13.0. The van der Waals surface area contributed by atoms with E-state index in [1.165, 1.54) is 103 Å². The first-order valence-electron chi connectivity index (χ1n) is 22.9. The normalized spacial score (nSPS) is 16.1. The van der Waals surface area contributed by atoms with Gasteiger partial charge in [-0.3, -0.25) is 9.59 Å². The van der Waals surface area contributed by atoms with Crippen LogP contribution >= 0.6 is 0 Å². The molecule has 0 aliphatic carbocycles. The first-order chi connectivity index (χ1) is 28.5. The van der Waals surface area contributed by atoms with Crippen molar-refractivity contribution in [3.05, 3.63) is 23.5 Å². The van der Waals surface area contributed by atoms with Gasteiger partial charge in [0.2, 0.25) is 23.6 Å². The van der Waals surface area contributed by atoms with Gasteiger partial charge in [0.25, 0.3) is 0 Å². The summed E-state index contributed by atoms with van der Waals surface area (Å²) in [6, 6.07) is 2.10. The lowest BCUT2D eigenvalue weighted by Crippen LogP contribution is -2.34. The number of unbranched alkanes of at least 4 members (excludes halogenated alkanes) is 18. The van der Waals surface area contributed by atoms with Crippen LogP contribution in [0, 0.1) is 0 Å². The summed E-state index contributed by atoms with van der Waals surface area (Å²) in [5.74, 6) is 0.656. The minimum absolute atomic E-state index is 0.126. The van der Waals surface area contributed by atoms with Gasteiger partial charge in [0.1, 0.15) is 37.0 Å². The molecule has 0 bridgehead atoms. The van der Waals surface area contributed by atoms with E-state index in [0.29, 0.717) is 69.9 Å². The van der Waals surface area contributed by atoms with E-state index in [-0.39, 0.29) is 43.4 Å². The average molecular weight is 816 g/mol. The average Bonchev–Trinajstić information content (AvgIpc) is 3.94. The molecular weight excluding hydrogens is 739 g/mol. The van der Waals surface area contributed by atoms with Crippen molar-refractivity contribution in [2.24, 2.45) is 9.98 Å². The van der Waals surface area contributed by atoms with Gasteiger partial charge in [-0.05, 0) is 19.8 Å². The molecule has 2 amide bonds. The number of carbonyl (C=O) groups excluding carboxylic acids is 2. The number of nitrogens with zero attached hydrogens (tertiary/aromatic N) is 3. The molecular formula is C45H77N5O8. The maximum Gasteiger partial charge on any atom is 0.248 e. The van der Waals surface area contributed by atoms with E-state index in [1.807, 2.05) is 6.92 Å². The minimum Gasteiger partial charge on any atom is -0.491 e. The lowest BCUT2D eigenvalue weighted by molar-refractivity contribution is -0.123. The summed E-state index contributed by atoms with van der Waals surface area (Å²) in [5, 5.41) is 6.05. The van der Waals surface area contributed by atoms with E-state index in [4.69, 9.17) is 33.4 Å². The van der Waals surface area contributed by atoms with Crippen LogP contribution in [0.2, 0.25) is 0 Å². The molecule has 0 radical (unpaired) electrons. The highest BCUT2D eigenvalue weighted by Crippen LogP contribution is 2.22. The summed E-state index contributed by atoms with van der Waals surface area (Å²) in [4.78, 5) is 39.9. The fraction of sp³-hybridized carbons (Fsp3) is 0.800. The molecule has 330 valence electrons. The number of carbonyl (C=O) groups is 2. The number of aromatic nitrogens is 1. The predicted octanol–water partition coefficient (Wildman–Crippen LogP) is 7.90. The highest BCUT2D eigenvalue weighted by Gasteiger charge is 2.30. The summed E-state index contributed by atoms with van der Waals surface area (Å²) >= 11 is 0. The van der Waals surface area contributed by atoms with Crippen LogP contribution in [0.3, 0.4) is 0 Å². The quantitative estimate of drug-likeness (QED) is 0.0639. The van der Waals surface area contributed by atoms with Gasteiger partial charge in [-0.2, -0.15) is 0 Å². The molecule has 1 aromatic heterocycles. The number of hydrogen-bond acceptors (Lipinski definition) is 11. The largest absolute Gasteiger partial charge is 0.491 e. The molecule has 1 aromatic rings. The van der Waals surface area contributed by atoms with Gasteiger partial charge in [-0.25, -0.2) is 15.0 Å². The molecule has 2 aliphatic rings. The first kappa shape index (κ1) is 49.1. The van der Waals surface area contributed by atoms with E-state index in [9.17, 15) is 9.59 Å². The standard InChI is InChI=1S/C45H77N5O8/c1-4-7-9-11-13-15-17-19-21-23-25-46-42(51)40-35-57-44(49-40)38-33-37(56-32-31-55-30-29-54-28-27-53-6-3)34-39(48-38)45-50-41(36-58-45)43(52)47-26-24-22-20-18-16-14-12-10-8-5-2/h33-34,40-41H,4-32,35-36H2,1-3H3,(H,46,51)(H,47,52)/t40-,41-/m0/s1. The van der Waals surface area contributed by atoms with E-state index in [1.54, 1.807) is 12.1 Å². The van der Waals surface area contributed by atoms with E-state index in [2.05, 4.69) is 34.5 Å². The zero-order valence-electron chi connectivity index (χ0n) is 36.3. The van der Waals surface area contributed by atoms with E-state index in [0.717, 1.165) is 25.7 Å². The zero-order chi connectivity index (χ0) is 41.3. The van der Waals surface area contributed by atoms with Crippen LogP contribution in [0.4, 0.5) is 0 Å². The smallest absolute Gasteiger partial charge is 0.248 e. The summed E-state index contributed by atoms with van der Waals surface area (Å²) in [7, 11) is 0. The Balaban J connectivity index is 1.50. The Hall–Kier alpha value is -3.29. The number of nitrogens with one attached hydrogen (secondary N) is 2. The fourth-order valence-corrected chi connectivity index (χ4v) is 6.79. The molecule has 2 aliphatic heterocycles. The zero-order valence-corrected chi connectivity index (χ0v) is 36.3. The molecule has 0 fully saturated rings. The van der Waals surface area contributed by atoms with Crippen LogP contribution in [-0.2, 0) is 33.3 Å². The number of aliphatic imine (C=N–C) groups is 2. The number of hydrogen-bond donors (Lipinski definition) is 2. The van der Waals surface area contributed by atoms with Gasteiger partial charge >= 0.3 is 0 Å². The lowest BCUT2D eigenvalue weighted by atomic mass is 10.1. The number of amides is 2. The lowest BCUT2D eigenvalue weighted by Gasteiger charge is -2.11. The molecule has 3 heterocycles. The molecule has 0 saturated carbocycles. The van der Waals surface area contributed by atoms with Crippen molar-refractivity contribution in [3.63, 3.8) is 0 Å². The van der Waals surface area contributed by atoms with Crippen LogP contribution in [0.1, 0.15) is 161 Å². The van der Waals surface area contributed by atoms with Gasteiger partial charge in [0.05, 0.1) is 33.0 Å². The second-order valence-corrected chi connectivity index (χ2v) is 15.3. The summed E-state index contributed by atoms with van der Waals surface area (Å²) in [6.45, 7) is 11.2. The Kier molecular flexibility index (Phi) is 27.5. The summed E-state index contributed by atoms with van der Waals surface area (Å²) in [6.07, 6.45) is 24.8. The van der Waals surface area contributed by atoms with Crippen LogP contribution in [0.5, 0.6) is 5.75 Å². The van der Waals surface area contributed by atoms with Crippen LogP contribution in [0.25, 0.3) is 0 Å². The van der Waals surface area contributed by atoms with Crippen molar-refractivity contribution < 1.29 is 38.0 Å². The van der Waals surface area contributed by atoms with Gasteiger partial charge in [0, 0.05) is 31.8 Å². The Labute approximate surface area is 349 Å². The Morgan fingerprint density at radius 3 is 1.34 bits per heavy atom. The molecule has 13 heteroatoms. The van der Waals surface area contributed by atoms with Crippen molar-refractivity contribution in [1.29, 1.82) is 0 Å². The van der Waals surface area contributed by atoms with Crippen LogP contribution in [0.15, 0.2) is 22.1 Å². The molecule has 58 heavy (non-hydrogen) atoms. The van der Waals surface area contributed by atoms with Gasteiger partial charge < -0.3 is 39.1 Å². The molecule has 0 unspecified atom stereocenters. The molecule has 2 atom stereocenters. The Morgan fingerprint density at radius 2 is 0.931 bits per heavy atom. The van der Waals surface area contributed by atoms with Crippen molar-refractivity contribution in [2.45, 2.75) is 161 Å². The van der Waals surface area contributed by atoms with Crippen molar-refractivity contribution in [3.8, 4) is 5.75 Å². The van der Waals surface area contributed by atoms with Gasteiger partial charge in [-0.15, -0.1) is 0 Å². The molecule has 0 spiro atoms. The molecule has 3 rings (SSSR count). The van der Waals surface area contributed by atoms with E-state index < -0.39 is 12.1 Å². The second-order valence-electron chi connectivity index (χ2n) is 15.3. The van der Waals surface area contributed by atoms with Gasteiger partial charge in [0.15, 0.2) is 12.1 Å². The number of pyridine rings is 1. The molecule has 0 aromatic carbocycles. The summed E-state index contributed by atoms with van der Waals surface area (Å²) in [5.41, 5.74) is 0.780. The first-order valence-corrected chi connectivity index (χ1v) is 22.9. The third kappa shape index (κ3) is 21.6. The van der Waals surface area contributed by atoms with Crippen molar-refractivity contribution >= 4 is 23.6 Å². The van der Waals surface area contributed by atoms with Gasteiger partial charge in [-0.1, -0.05) is 129 Å². The van der Waals surface area contributed by atoms with Crippen LogP contribution < -0.4 is 15.4 Å². The molecule has 0 saturated heterocycles. The summed E-state index contributed by atoms with van der Waals surface area (Å²) < 4.78 is 34.3. The van der Waals surface area contributed by atoms with E-state index >= 15 is 0 Å². The van der Waals surface area contributed by atoms with Crippen LogP contribution in [-0.4, -0.2) is 113 Å². The maximum atomic E-state index is 13.0. The number of rotatable bonds is 37. The highest BCUT2D eigenvalue weighted by molar-refractivity contribution is 6.00. The molecule has 13 nitrogen and oxygen atoms in total. The minimum atomic E-state index is -0.666. The predicted molar refractivity (Wildman–Crippen MR) is 230 cm³/mol. The molecule has 2 N–H and O–H groups in total. The Bertz CT molecular complexity index is 1230. The second kappa shape index (κ2) is 32.5. The van der Waals surface area contributed by atoms with Crippen molar-refractivity contribution in [2.75, 3.05) is 72.6 Å².